The van der Waals surface area contributed by atoms with Gasteiger partial charge in [0.2, 0.25) is 15.9 Å². The SMILES string of the molecule is CCCCS(=O)(=O)N1CCC[C@@H](C(=O)Nc2ccccc2)C1. The molecule has 2 rings (SSSR count). The predicted octanol–water partition coefficient (Wildman–Crippen LogP) is 2.47. The van der Waals surface area contributed by atoms with Gasteiger partial charge in [-0.25, -0.2) is 12.7 Å². The van der Waals surface area contributed by atoms with Gasteiger partial charge in [0.15, 0.2) is 0 Å². The molecule has 0 unspecified atom stereocenters. The maximum Gasteiger partial charge on any atom is 0.228 e. The quantitative estimate of drug-likeness (QED) is 0.874. The number of unbranched alkanes of at least 4 members (excludes halogenated alkanes) is 1. The Morgan fingerprint density at radius 2 is 2.05 bits per heavy atom. The van der Waals surface area contributed by atoms with Crippen LogP contribution in [0.1, 0.15) is 32.6 Å². The molecule has 22 heavy (non-hydrogen) atoms. The van der Waals surface area contributed by atoms with E-state index in [1.54, 1.807) is 0 Å². The highest BCUT2D eigenvalue weighted by Gasteiger charge is 2.31. The summed E-state index contributed by atoms with van der Waals surface area (Å²) in [4.78, 5) is 12.3. The average Bonchev–Trinajstić information content (AvgIpc) is 2.54. The lowest BCUT2D eigenvalue weighted by molar-refractivity contribution is -0.120. The first-order chi connectivity index (χ1) is 10.5. The fraction of sp³-hybridized carbons (Fsp3) is 0.562. The molecule has 6 heteroatoms. The number of nitrogens with zero attached hydrogens (tertiary/aromatic N) is 1. The Morgan fingerprint density at radius 1 is 1.32 bits per heavy atom. The first kappa shape index (κ1) is 17.0. The van der Waals surface area contributed by atoms with E-state index in [4.69, 9.17) is 0 Å². The minimum Gasteiger partial charge on any atom is -0.326 e. The topological polar surface area (TPSA) is 66.5 Å². The summed E-state index contributed by atoms with van der Waals surface area (Å²) in [6, 6.07) is 9.27. The van der Waals surface area contributed by atoms with Crippen LogP contribution in [0.2, 0.25) is 0 Å². The van der Waals surface area contributed by atoms with E-state index in [0.717, 1.165) is 24.9 Å². The van der Waals surface area contributed by atoms with Crippen molar-refractivity contribution in [2.24, 2.45) is 5.92 Å². The second kappa shape index (κ2) is 7.74. The van der Waals surface area contributed by atoms with Gasteiger partial charge in [-0.15, -0.1) is 0 Å². The van der Waals surface area contributed by atoms with Gasteiger partial charge in [-0.05, 0) is 31.4 Å². The van der Waals surface area contributed by atoms with Crippen molar-refractivity contribution in [2.45, 2.75) is 32.6 Å². The lowest BCUT2D eigenvalue weighted by atomic mass is 9.99. The Balaban J connectivity index is 1.96. The van der Waals surface area contributed by atoms with E-state index in [0.29, 0.717) is 19.5 Å². The zero-order valence-electron chi connectivity index (χ0n) is 13.0. The molecule has 0 aliphatic carbocycles. The van der Waals surface area contributed by atoms with Gasteiger partial charge >= 0.3 is 0 Å². The van der Waals surface area contributed by atoms with Crippen LogP contribution >= 0.6 is 0 Å². The zero-order chi connectivity index (χ0) is 16.0. The lowest BCUT2D eigenvalue weighted by Crippen LogP contribution is -2.44. The van der Waals surface area contributed by atoms with Crippen LogP contribution in [0.3, 0.4) is 0 Å². The molecule has 1 saturated heterocycles. The molecule has 1 aromatic carbocycles. The Kier molecular flexibility index (Phi) is 5.97. The summed E-state index contributed by atoms with van der Waals surface area (Å²) in [5.41, 5.74) is 0.749. The van der Waals surface area contributed by atoms with Crippen molar-refractivity contribution >= 4 is 21.6 Å². The van der Waals surface area contributed by atoms with Crippen LogP contribution < -0.4 is 5.32 Å². The largest absolute Gasteiger partial charge is 0.326 e. The van der Waals surface area contributed by atoms with Crippen molar-refractivity contribution in [3.63, 3.8) is 0 Å². The number of rotatable bonds is 6. The maximum absolute atomic E-state index is 12.3. The summed E-state index contributed by atoms with van der Waals surface area (Å²) in [7, 11) is -3.23. The molecule has 0 aromatic heterocycles. The van der Waals surface area contributed by atoms with Crippen LogP contribution in [0.4, 0.5) is 5.69 Å². The van der Waals surface area contributed by atoms with Crippen LogP contribution in [0.5, 0.6) is 0 Å². The molecule has 0 saturated carbocycles. The molecule has 1 fully saturated rings. The molecular formula is C16H24N2O3S. The Hall–Kier alpha value is -1.40. The number of anilines is 1. The summed E-state index contributed by atoms with van der Waals surface area (Å²) in [6.07, 6.45) is 2.99. The van der Waals surface area contributed by atoms with E-state index in [-0.39, 0.29) is 17.6 Å². The third-order valence-electron chi connectivity index (χ3n) is 3.95. The predicted molar refractivity (Wildman–Crippen MR) is 88.1 cm³/mol. The highest BCUT2D eigenvalue weighted by atomic mass is 32.2. The van der Waals surface area contributed by atoms with E-state index >= 15 is 0 Å². The molecule has 1 aromatic rings. The molecule has 1 aliphatic heterocycles. The molecular weight excluding hydrogens is 300 g/mol. The van der Waals surface area contributed by atoms with Crippen molar-refractivity contribution < 1.29 is 13.2 Å². The Morgan fingerprint density at radius 3 is 2.73 bits per heavy atom. The molecule has 1 atom stereocenters. The number of amides is 1. The molecule has 0 bridgehead atoms. The fourth-order valence-corrected chi connectivity index (χ4v) is 4.36. The van der Waals surface area contributed by atoms with Crippen molar-refractivity contribution in [3.8, 4) is 0 Å². The molecule has 1 aliphatic rings. The molecule has 1 heterocycles. The van der Waals surface area contributed by atoms with Gasteiger partial charge in [0.25, 0.3) is 0 Å². The number of carbonyl (C=O) groups is 1. The lowest BCUT2D eigenvalue weighted by Gasteiger charge is -2.31. The second-order valence-electron chi connectivity index (χ2n) is 5.72. The monoisotopic (exact) mass is 324 g/mol. The van der Waals surface area contributed by atoms with Crippen LogP contribution in [-0.2, 0) is 14.8 Å². The average molecular weight is 324 g/mol. The normalized spacial score (nSPS) is 19.8. The molecule has 1 amide bonds. The number of para-hydroxylation sites is 1. The number of nitrogens with one attached hydrogen (secondary N) is 1. The third kappa shape index (κ3) is 4.55. The van der Waals surface area contributed by atoms with Crippen LogP contribution in [0, 0.1) is 5.92 Å². The third-order valence-corrected chi connectivity index (χ3v) is 5.87. The summed E-state index contributed by atoms with van der Waals surface area (Å²) >= 11 is 0. The highest BCUT2D eigenvalue weighted by molar-refractivity contribution is 7.89. The summed E-state index contributed by atoms with van der Waals surface area (Å²) in [6.45, 7) is 2.80. The smallest absolute Gasteiger partial charge is 0.228 e. The summed E-state index contributed by atoms with van der Waals surface area (Å²) in [5.74, 6) is -0.191. The van der Waals surface area contributed by atoms with Gasteiger partial charge in [-0.3, -0.25) is 4.79 Å². The Bertz CT molecular complexity index is 587. The number of hydrogen-bond donors (Lipinski definition) is 1. The van der Waals surface area contributed by atoms with Crippen molar-refractivity contribution in [3.05, 3.63) is 30.3 Å². The Labute approximate surface area is 132 Å². The molecule has 122 valence electrons. The maximum atomic E-state index is 12.3. The van der Waals surface area contributed by atoms with E-state index in [2.05, 4.69) is 5.32 Å². The van der Waals surface area contributed by atoms with Gasteiger partial charge in [0.05, 0.1) is 11.7 Å². The van der Waals surface area contributed by atoms with Gasteiger partial charge < -0.3 is 5.32 Å². The van der Waals surface area contributed by atoms with Gasteiger partial charge in [0.1, 0.15) is 0 Å². The minimum absolute atomic E-state index is 0.0957. The van der Waals surface area contributed by atoms with Crippen LogP contribution in [0.25, 0.3) is 0 Å². The zero-order valence-corrected chi connectivity index (χ0v) is 13.8. The summed E-state index contributed by atoms with van der Waals surface area (Å²) in [5, 5.41) is 2.87. The number of sulfonamides is 1. The number of benzene rings is 1. The second-order valence-corrected chi connectivity index (χ2v) is 7.81. The van der Waals surface area contributed by atoms with Crippen molar-refractivity contribution in [1.82, 2.24) is 4.31 Å². The highest BCUT2D eigenvalue weighted by Crippen LogP contribution is 2.21. The number of hydrogen-bond acceptors (Lipinski definition) is 3. The van der Waals surface area contributed by atoms with E-state index in [1.807, 2.05) is 37.3 Å². The van der Waals surface area contributed by atoms with Gasteiger partial charge in [0, 0.05) is 18.8 Å². The number of carbonyl (C=O) groups excluding carboxylic acids is 1. The van der Waals surface area contributed by atoms with Crippen LogP contribution in [-0.4, -0.2) is 37.5 Å². The van der Waals surface area contributed by atoms with Gasteiger partial charge in [-0.1, -0.05) is 31.5 Å². The molecule has 5 nitrogen and oxygen atoms in total. The van der Waals surface area contributed by atoms with E-state index in [9.17, 15) is 13.2 Å². The first-order valence-electron chi connectivity index (χ1n) is 7.86. The molecule has 1 N–H and O–H groups in total. The van der Waals surface area contributed by atoms with Crippen molar-refractivity contribution in [2.75, 3.05) is 24.2 Å². The van der Waals surface area contributed by atoms with Crippen molar-refractivity contribution in [1.29, 1.82) is 0 Å². The molecule has 0 radical (unpaired) electrons. The van der Waals surface area contributed by atoms with Gasteiger partial charge in [-0.2, -0.15) is 0 Å². The fourth-order valence-electron chi connectivity index (χ4n) is 2.63. The standard InChI is InChI=1S/C16H24N2O3S/c1-2-3-12-22(20,21)18-11-7-8-14(13-18)16(19)17-15-9-5-4-6-10-15/h4-6,9-10,14H,2-3,7-8,11-13H2,1H3,(H,17,19)/t14-/m1/s1. The number of piperidine rings is 1. The van der Waals surface area contributed by atoms with Crippen LogP contribution in [0.15, 0.2) is 30.3 Å². The van der Waals surface area contributed by atoms with E-state index in [1.165, 1.54) is 4.31 Å². The minimum atomic E-state index is -3.23. The van der Waals surface area contributed by atoms with E-state index < -0.39 is 10.0 Å². The summed E-state index contributed by atoms with van der Waals surface area (Å²) < 4.78 is 26.0. The first-order valence-corrected chi connectivity index (χ1v) is 9.47. The molecule has 0 spiro atoms.